The summed E-state index contributed by atoms with van der Waals surface area (Å²) in [5.74, 6) is -3.82. The van der Waals surface area contributed by atoms with Crippen LogP contribution in [0.2, 0.25) is 0 Å². The third kappa shape index (κ3) is 21.5. The van der Waals surface area contributed by atoms with Gasteiger partial charge in [0.1, 0.15) is 0 Å². The highest BCUT2D eigenvalue weighted by atomic mass is 16.4. The van der Waals surface area contributed by atoms with Gasteiger partial charge in [-0.1, -0.05) is 118 Å². The average Bonchev–Trinajstić information content (AvgIpc) is 3.20. The molecule has 0 saturated heterocycles. The largest absolute Gasteiger partial charge is 0.481 e. The van der Waals surface area contributed by atoms with Crippen LogP contribution in [0.4, 0.5) is 0 Å². The van der Waals surface area contributed by atoms with Crippen LogP contribution >= 0.6 is 0 Å². The number of hydrogen-bond acceptors (Lipinski definition) is 8. The number of rotatable bonds is 21. The predicted octanol–water partition coefficient (Wildman–Crippen LogP) is 8.66. The van der Waals surface area contributed by atoms with Crippen LogP contribution in [0.3, 0.4) is 0 Å². The summed E-state index contributed by atoms with van der Waals surface area (Å²) in [6.07, 6.45) is 27.1. The van der Waals surface area contributed by atoms with Crippen LogP contribution < -0.4 is 22.9 Å². The lowest BCUT2D eigenvalue weighted by Crippen LogP contribution is -2.33. The Morgan fingerprint density at radius 2 is 0.825 bits per heavy atom. The van der Waals surface area contributed by atoms with Crippen LogP contribution in [0.5, 0.6) is 0 Å². The molecule has 4 atom stereocenters. The van der Waals surface area contributed by atoms with Crippen molar-refractivity contribution in [3.63, 3.8) is 0 Å². The van der Waals surface area contributed by atoms with E-state index in [9.17, 15) is 19.2 Å². The first kappa shape index (κ1) is 54.7. The summed E-state index contributed by atoms with van der Waals surface area (Å²) in [5, 5.41) is 35.8. The van der Waals surface area contributed by atoms with E-state index in [2.05, 4.69) is 34.6 Å². The van der Waals surface area contributed by atoms with Gasteiger partial charge >= 0.3 is 23.9 Å². The molecule has 0 aliphatic heterocycles. The second-order valence-corrected chi connectivity index (χ2v) is 18.2. The molecule has 4 unspecified atom stereocenters. The van der Waals surface area contributed by atoms with Gasteiger partial charge in [0.2, 0.25) is 0 Å². The zero-order chi connectivity index (χ0) is 43.5. The van der Waals surface area contributed by atoms with Gasteiger partial charge in [0.15, 0.2) is 0 Å². The van der Waals surface area contributed by atoms with Gasteiger partial charge in [0.25, 0.3) is 0 Å². The second-order valence-electron chi connectivity index (χ2n) is 18.2. The van der Waals surface area contributed by atoms with E-state index in [1.807, 2.05) is 0 Å². The molecular formula is C45H88N4O8. The zero-order valence-electron chi connectivity index (χ0n) is 36.9. The van der Waals surface area contributed by atoms with E-state index >= 15 is 0 Å². The summed E-state index contributed by atoms with van der Waals surface area (Å²) in [5.41, 5.74) is 22.7. The maximum atomic E-state index is 11.1. The summed E-state index contributed by atoms with van der Waals surface area (Å²) in [4.78, 5) is 43.5. The number of carboxylic acid groups (broad SMARTS) is 4. The van der Waals surface area contributed by atoms with Crippen LogP contribution in [0.15, 0.2) is 0 Å². The molecule has 0 aromatic rings. The van der Waals surface area contributed by atoms with Crippen molar-refractivity contribution in [2.45, 2.75) is 189 Å². The van der Waals surface area contributed by atoms with Gasteiger partial charge < -0.3 is 43.4 Å². The smallest absolute Gasteiger partial charge is 0.307 e. The molecule has 0 radical (unpaired) electrons. The summed E-state index contributed by atoms with van der Waals surface area (Å²) >= 11 is 0. The van der Waals surface area contributed by atoms with Crippen molar-refractivity contribution in [2.75, 3.05) is 26.2 Å². The first-order valence-electron chi connectivity index (χ1n) is 22.7. The highest BCUT2D eigenvalue weighted by Gasteiger charge is 2.36. The molecule has 12 nitrogen and oxygen atoms in total. The number of hydrogen-bond donors (Lipinski definition) is 8. The van der Waals surface area contributed by atoms with Crippen LogP contribution in [0.1, 0.15) is 189 Å². The lowest BCUT2D eigenvalue weighted by Gasteiger charge is -2.39. The van der Waals surface area contributed by atoms with Crippen LogP contribution in [0, 0.1) is 45.8 Å². The molecule has 57 heavy (non-hydrogen) atoms. The quantitative estimate of drug-likeness (QED) is 0.0542. The van der Waals surface area contributed by atoms with E-state index in [0.29, 0.717) is 5.92 Å². The van der Waals surface area contributed by atoms with Crippen molar-refractivity contribution >= 4 is 23.9 Å². The Morgan fingerprint density at radius 1 is 0.491 bits per heavy atom. The molecule has 0 bridgehead atoms. The zero-order valence-corrected chi connectivity index (χ0v) is 36.9. The van der Waals surface area contributed by atoms with Crippen molar-refractivity contribution in [3.8, 4) is 0 Å². The molecule has 336 valence electrons. The van der Waals surface area contributed by atoms with E-state index in [1.165, 1.54) is 83.5 Å². The van der Waals surface area contributed by atoms with Gasteiger partial charge in [-0.3, -0.25) is 19.2 Å². The fourth-order valence-electron chi connectivity index (χ4n) is 9.78. The third-order valence-corrected chi connectivity index (χ3v) is 13.8. The summed E-state index contributed by atoms with van der Waals surface area (Å²) in [7, 11) is 0. The van der Waals surface area contributed by atoms with Gasteiger partial charge in [-0.25, -0.2) is 0 Å². The Hall–Kier alpha value is -2.28. The highest BCUT2D eigenvalue weighted by molar-refractivity contribution is 5.71. The monoisotopic (exact) mass is 813 g/mol. The molecule has 0 aromatic carbocycles. The molecular weight excluding hydrogens is 725 g/mol. The fourth-order valence-corrected chi connectivity index (χ4v) is 9.78. The first-order valence-corrected chi connectivity index (χ1v) is 22.7. The molecule has 3 saturated carbocycles. The van der Waals surface area contributed by atoms with E-state index in [0.717, 1.165) is 70.6 Å². The van der Waals surface area contributed by atoms with E-state index in [1.54, 1.807) is 0 Å². The second kappa shape index (κ2) is 29.9. The minimum absolute atomic E-state index is 0.223. The Kier molecular flexibility index (Phi) is 28.7. The Morgan fingerprint density at radius 3 is 1.14 bits per heavy atom. The van der Waals surface area contributed by atoms with Crippen molar-refractivity contribution in [2.24, 2.45) is 68.8 Å². The summed E-state index contributed by atoms with van der Waals surface area (Å²) in [6, 6.07) is 0. The predicted molar refractivity (Wildman–Crippen MR) is 231 cm³/mol. The number of carboxylic acids is 4. The molecule has 12 heteroatoms. The Labute approximate surface area is 346 Å². The molecule has 0 heterocycles. The number of aliphatic carboxylic acids is 4. The van der Waals surface area contributed by atoms with E-state index in [4.69, 9.17) is 43.4 Å². The van der Waals surface area contributed by atoms with Crippen molar-refractivity contribution < 1.29 is 39.6 Å². The van der Waals surface area contributed by atoms with E-state index in [-0.39, 0.29) is 66.1 Å². The first-order chi connectivity index (χ1) is 27.0. The maximum Gasteiger partial charge on any atom is 0.307 e. The minimum Gasteiger partial charge on any atom is -0.481 e. The van der Waals surface area contributed by atoms with Crippen LogP contribution in [-0.2, 0) is 19.2 Å². The van der Waals surface area contributed by atoms with Gasteiger partial charge in [-0.05, 0) is 92.8 Å². The molecule has 3 aliphatic rings. The minimum atomic E-state index is -0.760. The van der Waals surface area contributed by atoms with Gasteiger partial charge in [-0.2, -0.15) is 0 Å². The lowest BCUT2D eigenvalue weighted by molar-refractivity contribution is -0.143. The topological polar surface area (TPSA) is 253 Å². The van der Waals surface area contributed by atoms with Gasteiger partial charge in [0, 0.05) is 26.2 Å². The normalized spacial score (nSPS) is 20.4. The summed E-state index contributed by atoms with van der Waals surface area (Å²) < 4.78 is 0. The van der Waals surface area contributed by atoms with E-state index < -0.39 is 23.9 Å². The molecule has 12 N–H and O–H groups in total. The van der Waals surface area contributed by atoms with Crippen molar-refractivity contribution in [3.05, 3.63) is 0 Å². The van der Waals surface area contributed by atoms with Crippen molar-refractivity contribution in [1.82, 2.24) is 0 Å². The molecule has 3 rings (SSSR count). The number of nitrogens with two attached hydrogens (primary N) is 4. The fraction of sp³-hybridized carbons (Fsp3) is 0.911. The molecule has 3 aliphatic carbocycles. The van der Waals surface area contributed by atoms with Gasteiger partial charge in [0.05, 0.1) is 23.7 Å². The van der Waals surface area contributed by atoms with Gasteiger partial charge in [-0.15, -0.1) is 0 Å². The SMILES string of the molecule is CC1(CC(CN)C(=O)O)CCCCC1.CCC(CC)CC(CN)C(=O)O.CCC1(CC(CN)C(=O)O)CCCCC1.CCCC1(CC(CN)C(=O)O)CCCCC1. The molecule has 0 aromatic heterocycles. The molecule has 0 amide bonds. The Bertz CT molecular complexity index is 1090. The summed E-state index contributed by atoms with van der Waals surface area (Å²) in [6.45, 7) is 11.8. The van der Waals surface area contributed by atoms with Crippen molar-refractivity contribution in [1.29, 1.82) is 0 Å². The van der Waals surface area contributed by atoms with Crippen LogP contribution in [-0.4, -0.2) is 70.5 Å². The van der Waals surface area contributed by atoms with Crippen LogP contribution in [0.25, 0.3) is 0 Å². The maximum absolute atomic E-state index is 11.1. The molecule has 3 fully saturated rings. The number of carbonyl (C=O) groups is 4. The third-order valence-electron chi connectivity index (χ3n) is 13.8. The Balaban J connectivity index is 0.000000738. The lowest BCUT2D eigenvalue weighted by atomic mass is 9.66. The standard InChI is InChI=1S/C13H25NO2.C12H23NO2.C11H21NO2.C9H19NO2/c1-2-6-13(7-4-3-5-8-13)9-11(10-14)12(15)16;1-2-12(6-4-3-5-7-12)8-10(9-13)11(14)15;1-11(5-3-2-4-6-11)7-9(8-12)10(13)14;1-3-7(4-2)5-8(6-10)9(11)12/h11H,2-10,14H2,1H3,(H,15,16);10H,2-9,13H2,1H3,(H,14,15);9H,2-8,12H2,1H3,(H,13,14);7-8H,3-6,10H2,1-2H3,(H,11,12). The highest BCUT2D eigenvalue weighted by Crippen LogP contribution is 2.46. The average molecular weight is 813 g/mol. The molecule has 0 spiro atoms.